The van der Waals surface area contributed by atoms with Crippen LogP contribution < -0.4 is 10.5 Å². The molecule has 0 radical (unpaired) electrons. The highest BCUT2D eigenvalue weighted by atomic mass is 16.5. The Balaban J connectivity index is 1.98. The largest absolute Gasteiger partial charge is 0.497 e. The molecule has 0 spiro atoms. The lowest BCUT2D eigenvalue weighted by Gasteiger charge is -2.26. The number of hydrogen-bond acceptors (Lipinski definition) is 3. The topological polar surface area (TPSA) is 52.3 Å². The highest BCUT2D eigenvalue weighted by Gasteiger charge is 2.26. The monoisotopic (exact) mass is 247 g/mol. The lowest BCUT2D eigenvalue weighted by atomic mass is 9.78. The Morgan fingerprint density at radius 3 is 2.33 bits per heavy atom. The van der Waals surface area contributed by atoms with Crippen molar-refractivity contribution in [3.05, 3.63) is 29.8 Å². The number of ether oxygens (including phenoxy) is 1. The van der Waals surface area contributed by atoms with E-state index in [9.17, 15) is 4.79 Å². The van der Waals surface area contributed by atoms with Crippen LogP contribution in [0.4, 0.5) is 0 Å². The van der Waals surface area contributed by atoms with Crippen LogP contribution in [-0.2, 0) is 0 Å². The van der Waals surface area contributed by atoms with E-state index in [2.05, 4.69) is 0 Å². The lowest BCUT2D eigenvalue weighted by Crippen LogP contribution is -2.25. The fourth-order valence-corrected chi connectivity index (χ4v) is 2.65. The molecule has 0 aliphatic heterocycles. The summed E-state index contributed by atoms with van der Waals surface area (Å²) in [5.74, 6) is 1.86. The van der Waals surface area contributed by atoms with Crippen LogP contribution in [0, 0.1) is 11.8 Å². The summed E-state index contributed by atoms with van der Waals surface area (Å²) in [4.78, 5) is 12.3. The van der Waals surface area contributed by atoms with Crippen molar-refractivity contribution in [2.24, 2.45) is 17.6 Å². The van der Waals surface area contributed by atoms with E-state index in [1.807, 2.05) is 24.3 Å². The zero-order valence-corrected chi connectivity index (χ0v) is 10.9. The molecule has 0 unspecified atom stereocenters. The van der Waals surface area contributed by atoms with Crippen LogP contribution >= 0.6 is 0 Å². The summed E-state index contributed by atoms with van der Waals surface area (Å²) in [7, 11) is 1.63. The number of hydrogen-bond donors (Lipinski definition) is 1. The molecule has 1 aromatic rings. The molecule has 1 saturated carbocycles. The molecule has 1 aliphatic rings. The van der Waals surface area contributed by atoms with E-state index in [0.29, 0.717) is 5.92 Å². The molecule has 2 N–H and O–H groups in total. The fraction of sp³-hybridized carbons (Fsp3) is 0.533. The minimum absolute atomic E-state index is 0.182. The molecule has 1 aliphatic carbocycles. The van der Waals surface area contributed by atoms with Crippen LogP contribution in [0.3, 0.4) is 0 Å². The third kappa shape index (κ3) is 2.91. The molecule has 3 nitrogen and oxygen atoms in total. The maximum absolute atomic E-state index is 12.3. The first-order chi connectivity index (χ1) is 8.74. The van der Waals surface area contributed by atoms with Gasteiger partial charge in [-0.15, -0.1) is 0 Å². The van der Waals surface area contributed by atoms with Crippen LogP contribution in [0.25, 0.3) is 0 Å². The summed E-state index contributed by atoms with van der Waals surface area (Å²) in [5, 5.41) is 0. The number of Topliss-reactive ketones (excluding diaryl/α,β-unsaturated/α-hetero) is 1. The molecule has 1 aromatic carbocycles. The number of rotatable bonds is 4. The van der Waals surface area contributed by atoms with Gasteiger partial charge in [-0.1, -0.05) is 0 Å². The second kappa shape index (κ2) is 6.01. The predicted molar refractivity (Wildman–Crippen MR) is 71.8 cm³/mol. The Morgan fingerprint density at radius 1 is 1.22 bits per heavy atom. The van der Waals surface area contributed by atoms with Gasteiger partial charge < -0.3 is 10.5 Å². The zero-order valence-electron chi connectivity index (χ0n) is 10.9. The van der Waals surface area contributed by atoms with Crippen LogP contribution in [-0.4, -0.2) is 19.4 Å². The number of carbonyl (C=O) groups excluding carboxylic acids is 1. The van der Waals surface area contributed by atoms with Crippen molar-refractivity contribution in [3.8, 4) is 5.75 Å². The zero-order chi connectivity index (χ0) is 13.0. The van der Waals surface area contributed by atoms with E-state index in [0.717, 1.165) is 43.5 Å². The maximum atomic E-state index is 12.3. The SMILES string of the molecule is COc1ccc(C(=O)C2CCC(CN)CC2)cc1. The quantitative estimate of drug-likeness (QED) is 0.832. The third-order valence-corrected chi connectivity index (χ3v) is 3.93. The molecule has 1 fully saturated rings. The summed E-state index contributed by atoms with van der Waals surface area (Å²) < 4.78 is 5.10. The van der Waals surface area contributed by atoms with Gasteiger partial charge in [0, 0.05) is 11.5 Å². The van der Waals surface area contributed by atoms with E-state index >= 15 is 0 Å². The van der Waals surface area contributed by atoms with E-state index in [4.69, 9.17) is 10.5 Å². The molecule has 2 rings (SSSR count). The van der Waals surface area contributed by atoms with Crippen molar-refractivity contribution in [2.45, 2.75) is 25.7 Å². The number of nitrogens with two attached hydrogens (primary N) is 1. The molecule has 18 heavy (non-hydrogen) atoms. The van der Waals surface area contributed by atoms with Crippen molar-refractivity contribution < 1.29 is 9.53 Å². The number of ketones is 1. The average Bonchev–Trinajstić information content (AvgIpc) is 2.47. The molecular formula is C15H21NO2. The molecule has 3 heteroatoms. The first kappa shape index (κ1) is 13.1. The van der Waals surface area contributed by atoms with Gasteiger partial charge >= 0.3 is 0 Å². The van der Waals surface area contributed by atoms with Crippen molar-refractivity contribution in [1.29, 1.82) is 0 Å². The minimum Gasteiger partial charge on any atom is -0.497 e. The van der Waals surface area contributed by atoms with Gasteiger partial charge in [-0.2, -0.15) is 0 Å². The summed E-state index contributed by atoms with van der Waals surface area (Å²) in [6.07, 6.45) is 4.13. The highest BCUT2D eigenvalue weighted by Crippen LogP contribution is 2.30. The van der Waals surface area contributed by atoms with Gasteiger partial charge in [0.25, 0.3) is 0 Å². The van der Waals surface area contributed by atoms with Gasteiger partial charge in [0.1, 0.15) is 5.75 Å². The first-order valence-electron chi connectivity index (χ1n) is 6.63. The van der Waals surface area contributed by atoms with E-state index in [1.165, 1.54) is 0 Å². The maximum Gasteiger partial charge on any atom is 0.165 e. The lowest BCUT2D eigenvalue weighted by molar-refractivity contribution is 0.0873. The van der Waals surface area contributed by atoms with Gasteiger partial charge in [-0.05, 0) is 62.4 Å². The smallest absolute Gasteiger partial charge is 0.165 e. The van der Waals surface area contributed by atoms with E-state index < -0.39 is 0 Å². The number of carbonyl (C=O) groups is 1. The molecule has 98 valence electrons. The van der Waals surface area contributed by atoms with Crippen LogP contribution in [0.15, 0.2) is 24.3 Å². The molecular weight excluding hydrogens is 226 g/mol. The highest BCUT2D eigenvalue weighted by molar-refractivity contribution is 5.97. The van der Waals surface area contributed by atoms with E-state index in [-0.39, 0.29) is 11.7 Å². The Bertz CT molecular complexity index is 391. The van der Waals surface area contributed by atoms with Gasteiger partial charge in [0.15, 0.2) is 5.78 Å². The van der Waals surface area contributed by atoms with Gasteiger partial charge in [-0.3, -0.25) is 4.79 Å². The summed E-state index contributed by atoms with van der Waals surface area (Å²) >= 11 is 0. The van der Waals surface area contributed by atoms with E-state index in [1.54, 1.807) is 7.11 Å². The standard InChI is InChI=1S/C15H21NO2/c1-18-14-8-6-13(7-9-14)15(17)12-4-2-11(10-16)3-5-12/h6-9,11-12H,2-5,10,16H2,1H3. The van der Waals surface area contributed by atoms with Crippen molar-refractivity contribution in [2.75, 3.05) is 13.7 Å². The summed E-state index contributed by atoms with van der Waals surface area (Å²) in [5.41, 5.74) is 6.47. The molecule has 0 heterocycles. The molecule has 0 bridgehead atoms. The predicted octanol–water partition coefficient (Wildman–Crippen LogP) is 2.64. The van der Waals surface area contributed by atoms with Gasteiger partial charge in [0.05, 0.1) is 7.11 Å². The third-order valence-electron chi connectivity index (χ3n) is 3.93. The second-order valence-electron chi connectivity index (χ2n) is 5.05. The Morgan fingerprint density at radius 2 is 1.83 bits per heavy atom. The Hall–Kier alpha value is -1.35. The number of benzene rings is 1. The minimum atomic E-state index is 0.182. The van der Waals surface area contributed by atoms with Crippen LogP contribution in [0.2, 0.25) is 0 Å². The average molecular weight is 247 g/mol. The van der Waals surface area contributed by atoms with Crippen molar-refractivity contribution in [3.63, 3.8) is 0 Å². The summed E-state index contributed by atoms with van der Waals surface area (Å²) in [6.45, 7) is 0.753. The molecule has 0 amide bonds. The second-order valence-corrected chi connectivity index (χ2v) is 5.05. The Kier molecular flexibility index (Phi) is 4.37. The van der Waals surface area contributed by atoms with Gasteiger partial charge in [0.2, 0.25) is 0 Å². The van der Waals surface area contributed by atoms with Crippen molar-refractivity contribution >= 4 is 5.78 Å². The molecule has 0 aromatic heterocycles. The van der Waals surface area contributed by atoms with Crippen molar-refractivity contribution in [1.82, 2.24) is 0 Å². The van der Waals surface area contributed by atoms with Crippen LogP contribution in [0.5, 0.6) is 5.75 Å². The van der Waals surface area contributed by atoms with Gasteiger partial charge in [-0.25, -0.2) is 0 Å². The number of methoxy groups -OCH3 is 1. The molecule has 0 atom stereocenters. The summed E-state index contributed by atoms with van der Waals surface area (Å²) in [6, 6.07) is 7.41. The van der Waals surface area contributed by atoms with Crippen LogP contribution in [0.1, 0.15) is 36.0 Å². The first-order valence-corrected chi connectivity index (χ1v) is 6.63. The normalized spacial score (nSPS) is 23.7. The molecule has 0 saturated heterocycles. The Labute approximate surface area is 108 Å². The fourth-order valence-electron chi connectivity index (χ4n) is 2.65.